The predicted molar refractivity (Wildman–Crippen MR) is 80.1 cm³/mol. The van der Waals surface area contributed by atoms with Gasteiger partial charge in [-0.15, -0.1) is 0 Å². The van der Waals surface area contributed by atoms with E-state index in [9.17, 15) is 4.79 Å². The highest BCUT2D eigenvalue weighted by molar-refractivity contribution is 9.10. The van der Waals surface area contributed by atoms with Gasteiger partial charge in [0.15, 0.2) is 22.2 Å². The van der Waals surface area contributed by atoms with Crippen molar-refractivity contribution < 1.29 is 18.5 Å². The number of carbonyl (C=O) groups is 1. The number of likely N-dealkylation sites (tertiary alicyclic amines) is 1. The number of hydrogen-bond acceptors (Lipinski definition) is 3. The van der Waals surface area contributed by atoms with Crippen LogP contribution in [-0.2, 0) is 0 Å². The van der Waals surface area contributed by atoms with Gasteiger partial charge in [0.05, 0.1) is 25.9 Å². The van der Waals surface area contributed by atoms with E-state index >= 15 is 0 Å². The molecule has 0 saturated carbocycles. The van der Waals surface area contributed by atoms with E-state index in [4.69, 9.17) is 8.83 Å². The van der Waals surface area contributed by atoms with Crippen LogP contribution in [0.1, 0.15) is 35.2 Å². The molecule has 0 aromatic carbocycles. The van der Waals surface area contributed by atoms with Crippen molar-refractivity contribution >= 4 is 21.8 Å². The van der Waals surface area contributed by atoms with Crippen LogP contribution in [0.25, 0.3) is 0 Å². The summed E-state index contributed by atoms with van der Waals surface area (Å²) in [6.07, 6.45) is 4.14. The zero-order valence-corrected chi connectivity index (χ0v) is 13.2. The molecule has 0 spiro atoms. The smallest absolute Gasteiger partial charge is 0.287 e. The first-order valence-electron chi connectivity index (χ1n) is 7.15. The standard InChI is InChI=1S/C15H17BrN2O3/c16-14-6-5-13(21-14)15(19)17-10-11(12-4-3-9-20-12)18-7-1-2-8-18/h3-6,9,11H,1-2,7-8,10H2,(H,17,19)/p+1/t11-/m0/s1. The number of amides is 1. The lowest BCUT2D eigenvalue weighted by molar-refractivity contribution is -0.919. The first-order chi connectivity index (χ1) is 10.2. The molecule has 1 aliphatic heterocycles. The highest BCUT2D eigenvalue weighted by atomic mass is 79.9. The van der Waals surface area contributed by atoms with Gasteiger partial charge in [-0.1, -0.05) is 0 Å². The average molecular weight is 354 g/mol. The van der Waals surface area contributed by atoms with E-state index in [-0.39, 0.29) is 11.9 Å². The topological polar surface area (TPSA) is 59.8 Å². The van der Waals surface area contributed by atoms with Gasteiger partial charge < -0.3 is 19.1 Å². The van der Waals surface area contributed by atoms with E-state index in [1.807, 2.05) is 12.1 Å². The van der Waals surface area contributed by atoms with E-state index in [2.05, 4.69) is 21.2 Å². The second kappa shape index (κ2) is 6.49. The molecular weight excluding hydrogens is 336 g/mol. The van der Waals surface area contributed by atoms with Crippen molar-refractivity contribution in [3.63, 3.8) is 0 Å². The van der Waals surface area contributed by atoms with Gasteiger partial charge in [0.2, 0.25) is 0 Å². The molecule has 0 radical (unpaired) electrons. The molecule has 1 saturated heterocycles. The molecule has 0 aliphatic carbocycles. The number of hydrogen-bond donors (Lipinski definition) is 2. The lowest BCUT2D eigenvalue weighted by Gasteiger charge is -2.22. The monoisotopic (exact) mass is 353 g/mol. The van der Waals surface area contributed by atoms with Crippen LogP contribution in [0.2, 0.25) is 0 Å². The molecule has 1 aliphatic rings. The Hall–Kier alpha value is -1.53. The van der Waals surface area contributed by atoms with Crippen LogP contribution in [0.4, 0.5) is 0 Å². The summed E-state index contributed by atoms with van der Waals surface area (Å²) in [4.78, 5) is 13.5. The van der Waals surface area contributed by atoms with Crippen molar-refractivity contribution in [2.75, 3.05) is 19.6 Å². The van der Waals surface area contributed by atoms with Crippen LogP contribution in [0.3, 0.4) is 0 Å². The first-order valence-corrected chi connectivity index (χ1v) is 7.95. The van der Waals surface area contributed by atoms with Crippen molar-refractivity contribution in [2.24, 2.45) is 0 Å². The second-order valence-corrected chi connectivity index (χ2v) is 6.03. The highest BCUT2D eigenvalue weighted by Gasteiger charge is 2.30. The summed E-state index contributed by atoms with van der Waals surface area (Å²) in [5, 5.41) is 2.94. The molecule has 1 fully saturated rings. The molecule has 2 aromatic rings. The third-order valence-corrected chi connectivity index (χ3v) is 4.32. The van der Waals surface area contributed by atoms with Crippen LogP contribution in [0, 0.1) is 0 Å². The predicted octanol–water partition coefficient (Wildman–Crippen LogP) is 1.78. The summed E-state index contributed by atoms with van der Waals surface area (Å²) < 4.78 is 11.4. The Bertz CT molecular complexity index is 588. The minimum absolute atomic E-state index is 0.157. The highest BCUT2D eigenvalue weighted by Crippen LogP contribution is 2.15. The summed E-state index contributed by atoms with van der Waals surface area (Å²) in [7, 11) is 0. The number of nitrogens with one attached hydrogen (secondary N) is 2. The van der Waals surface area contributed by atoms with Crippen molar-refractivity contribution in [2.45, 2.75) is 18.9 Å². The zero-order chi connectivity index (χ0) is 14.7. The van der Waals surface area contributed by atoms with Gasteiger partial charge in [-0.25, -0.2) is 0 Å². The van der Waals surface area contributed by atoms with Crippen molar-refractivity contribution in [3.8, 4) is 0 Å². The molecule has 0 unspecified atom stereocenters. The van der Waals surface area contributed by atoms with Crippen LogP contribution in [0.5, 0.6) is 0 Å². The van der Waals surface area contributed by atoms with E-state index in [1.54, 1.807) is 18.4 Å². The molecule has 1 amide bonds. The molecule has 21 heavy (non-hydrogen) atoms. The summed E-state index contributed by atoms with van der Waals surface area (Å²) in [6.45, 7) is 2.78. The average Bonchev–Trinajstić information content (AvgIpc) is 3.21. The normalized spacial score (nSPS) is 17.0. The van der Waals surface area contributed by atoms with Crippen molar-refractivity contribution in [3.05, 3.63) is 46.7 Å². The first kappa shape index (κ1) is 14.4. The Morgan fingerprint density at radius 2 is 2.14 bits per heavy atom. The third kappa shape index (κ3) is 3.39. The molecule has 1 atom stereocenters. The Labute approximate surface area is 131 Å². The quantitative estimate of drug-likeness (QED) is 0.861. The fourth-order valence-electron chi connectivity index (χ4n) is 2.83. The second-order valence-electron chi connectivity index (χ2n) is 5.25. The Morgan fingerprint density at radius 3 is 2.76 bits per heavy atom. The van der Waals surface area contributed by atoms with Crippen LogP contribution < -0.4 is 10.2 Å². The maximum absolute atomic E-state index is 12.1. The van der Waals surface area contributed by atoms with E-state index in [0.717, 1.165) is 18.8 Å². The third-order valence-electron chi connectivity index (χ3n) is 3.89. The number of halogens is 1. The van der Waals surface area contributed by atoms with Gasteiger partial charge in [-0.2, -0.15) is 0 Å². The van der Waals surface area contributed by atoms with Gasteiger partial charge in [0, 0.05) is 12.8 Å². The molecular formula is C15H18BrN2O3+. The Balaban J connectivity index is 1.66. The van der Waals surface area contributed by atoms with Gasteiger partial charge in [-0.05, 0) is 40.2 Å². The minimum atomic E-state index is -0.198. The summed E-state index contributed by atoms with van der Waals surface area (Å²) in [5.74, 6) is 1.04. The number of carbonyl (C=O) groups excluding carboxylic acids is 1. The molecule has 2 aromatic heterocycles. The molecule has 2 N–H and O–H groups in total. The van der Waals surface area contributed by atoms with Crippen LogP contribution in [0.15, 0.2) is 44.0 Å². The SMILES string of the molecule is O=C(NC[C@@H](c1ccco1)[NH+]1CCCC1)c1ccc(Br)o1. The molecule has 5 nitrogen and oxygen atoms in total. The molecule has 3 heterocycles. The molecule has 0 bridgehead atoms. The van der Waals surface area contributed by atoms with Gasteiger partial charge in [0.25, 0.3) is 5.91 Å². The Morgan fingerprint density at radius 1 is 1.33 bits per heavy atom. The number of furan rings is 2. The maximum atomic E-state index is 12.1. The minimum Gasteiger partial charge on any atom is -0.463 e. The Kier molecular flexibility index (Phi) is 4.45. The maximum Gasteiger partial charge on any atom is 0.287 e. The van der Waals surface area contributed by atoms with E-state index in [0.29, 0.717) is 17.0 Å². The van der Waals surface area contributed by atoms with E-state index < -0.39 is 0 Å². The fourth-order valence-corrected chi connectivity index (χ4v) is 3.14. The van der Waals surface area contributed by atoms with Crippen LogP contribution in [-0.4, -0.2) is 25.5 Å². The summed E-state index contributed by atoms with van der Waals surface area (Å²) in [5.41, 5.74) is 0. The lowest BCUT2D eigenvalue weighted by Crippen LogP contribution is -3.11. The molecule has 6 heteroatoms. The van der Waals surface area contributed by atoms with Crippen molar-refractivity contribution in [1.82, 2.24) is 5.32 Å². The molecule has 3 rings (SSSR count). The number of rotatable bonds is 5. The van der Waals surface area contributed by atoms with E-state index in [1.165, 1.54) is 17.7 Å². The summed E-state index contributed by atoms with van der Waals surface area (Å²) >= 11 is 3.20. The lowest BCUT2D eigenvalue weighted by atomic mass is 10.2. The van der Waals surface area contributed by atoms with Gasteiger partial charge >= 0.3 is 0 Å². The fraction of sp³-hybridized carbons (Fsp3) is 0.400. The summed E-state index contributed by atoms with van der Waals surface area (Å²) in [6, 6.07) is 7.40. The zero-order valence-electron chi connectivity index (χ0n) is 11.6. The largest absolute Gasteiger partial charge is 0.463 e. The van der Waals surface area contributed by atoms with Crippen LogP contribution >= 0.6 is 15.9 Å². The molecule has 112 valence electrons. The van der Waals surface area contributed by atoms with Gasteiger partial charge in [0.1, 0.15) is 0 Å². The number of quaternary nitrogens is 1. The van der Waals surface area contributed by atoms with Gasteiger partial charge in [-0.3, -0.25) is 4.79 Å². The van der Waals surface area contributed by atoms with Crippen molar-refractivity contribution in [1.29, 1.82) is 0 Å².